The monoisotopic (exact) mass is 415 g/mol. The molecule has 0 spiro atoms. The van der Waals surface area contributed by atoms with Crippen LogP contribution >= 0.6 is 0 Å². The van der Waals surface area contributed by atoms with Crippen LogP contribution in [0.4, 0.5) is 4.39 Å². The molecule has 0 radical (unpaired) electrons. The van der Waals surface area contributed by atoms with Crippen molar-refractivity contribution in [1.29, 1.82) is 0 Å². The second-order valence-electron chi connectivity index (χ2n) is 6.69. The summed E-state index contributed by atoms with van der Waals surface area (Å²) in [7, 11) is 1.50. The van der Waals surface area contributed by atoms with Gasteiger partial charge in [0, 0.05) is 31.3 Å². The third-order valence-corrected chi connectivity index (χ3v) is 4.50. The minimum absolute atomic E-state index is 0.214. The molecule has 7 nitrogen and oxygen atoms in total. The predicted molar refractivity (Wildman–Crippen MR) is 114 cm³/mol. The van der Waals surface area contributed by atoms with E-state index >= 15 is 0 Å². The van der Waals surface area contributed by atoms with Gasteiger partial charge in [-0.3, -0.25) is 9.59 Å². The number of halogens is 1. The second kappa shape index (κ2) is 11.1. The highest BCUT2D eigenvalue weighted by Gasteiger charge is 2.08. The number of carbonyl (C=O) groups is 1. The highest BCUT2D eigenvalue weighted by atomic mass is 19.1. The summed E-state index contributed by atoms with van der Waals surface area (Å²) >= 11 is 0. The van der Waals surface area contributed by atoms with E-state index in [9.17, 15) is 14.0 Å². The third-order valence-electron chi connectivity index (χ3n) is 4.50. The van der Waals surface area contributed by atoms with Gasteiger partial charge in [-0.05, 0) is 49.2 Å². The van der Waals surface area contributed by atoms with Crippen molar-refractivity contribution in [2.45, 2.75) is 26.8 Å². The molecule has 2 N–H and O–H groups in total. The Kier molecular flexibility index (Phi) is 8.49. The van der Waals surface area contributed by atoms with Gasteiger partial charge in [-0.2, -0.15) is 0 Å². The average Bonchev–Trinajstić information content (AvgIpc) is 2.70. The largest absolute Gasteiger partial charge is 0.484 e. The number of aliphatic imine (C=N–C) groups is 1. The molecule has 2 aromatic rings. The highest BCUT2D eigenvalue weighted by molar-refractivity contribution is 5.81. The van der Waals surface area contributed by atoms with Crippen molar-refractivity contribution >= 4 is 17.6 Å². The molecule has 0 atom stereocenters. The lowest BCUT2D eigenvalue weighted by Crippen LogP contribution is -2.23. The fraction of sp³-hybridized carbons (Fsp3) is 0.318. The maximum atomic E-state index is 13.9. The summed E-state index contributed by atoms with van der Waals surface area (Å²) in [6, 6.07) is 7.91. The summed E-state index contributed by atoms with van der Waals surface area (Å²) in [5, 5.41) is 12.2. The van der Waals surface area contributed by atoms with E-state index in [0.29, 0.717) is 42.2 Å². The molecule has 1 heterocycles. The van der Waals surface area contributed by atoms with Gasteiger partial charge in [-0.25, -0.2) is 9.38 Å². The van der Waals surface area contributed by atoms with E-state index in [1.807, 2.05) is 19.1 Å². The first-order valence-electron chi connectivity index (χ1n) is 9.48. The number of rotatable bonds is 9. The molecule has 0 aliphatic carbocycles. The lowest BCUT2D eigenvalue weighted by molar-refractivity contribution is -0.137. The van der Waals surface area contributed by atoms with Crippen molar-refractivity contribution in [3.05, 3.63) is 75.5 Å². The molecule has 0 fully saturated rings. The first kappa shape index (κ1) is 23.0. The minimum Gasteiger partial charge on any atom is -0.484 e. The molecule has 0 amide bonds. The van der Waals surface area contributed by atoms with Crippen molar-refractivity contribution in [2.75, 3.05) is 20.2 Å². The number of benzene rings is 1. The Balaban J connectivity index is 2.14. The van der Waals surface area contributed by atoms with Crippen molar-refractivity contribution < 1.29 is 19.0 Å². The van der Waals surface area contributed by atoms with Gasteiger partial charge in [0.25, 0.3) is 5.56 Å². The number of nitrogens with one attached hydrogen (secondary N) is 1. The summed E-state index contributed by atoms with van der Waals surface area (Å²) in [5.41, 5.74) is 2.30. The van der Waals surface area contributed by atoms with E-state index in [1.54, 1.807) is 19.1 Å². The molecular weight excluding hydrogens is 389 g/mol. The highest BCUT2D eigenvalue weighted by Crippen LogP contribution is 2.15. The molecule has 0 saturated carbocycles. The molecule has 2 rings (SSSR count). The van der Waals surface area contributed by atoms with Gasteiger partial charge in [0.2, 0.25) is 0 Å². The first-order chi connectivity index (χ1) is 14.3. The van der Waals surface area contributed by atoms with Crippen LogP contribution in [0.15, 0.2) is 52.4 Å². The lowest BCUT2D eigenvalue weighted by atomic mass is 10.1. The molecule has 0 bridgehead atoms. The number of aliphatic carboxylic acids is 1. The quantitative estimate of drug-likeness (QED) is 0.373. The Morgan fingerprint density at radius 1 is 1.33 bits per heavy atom. The number of pyridine rings is 1. The standard InChI is InChI=1S/C22H26FN3O4/c1-15-5-4-6-19(23)18(15)9-11-24-12-10-20(25-16(2)30-3)17-7-8-21(27)26(13-17)14-22(28)29/h4-8,10,13,24H,9,11-12,14H2,1-3H3,(H,28,29)/b20-10-,25-16?. The van der Waals surface area contributed by atoms with Crippen LogP contribution in [0, 0.1) is 12.7 Å². The predicted octanol–water partition coefficient (Wildman–Crippen LogP) is 2.62. The van der Waals surface area contributed by atoms with E-state index in [-0.39, 0.29) is 5.82 Å². The Hall–Kier alpha value is -3.26. The zero-order chi connectivity index (χ0) is 22.1. The van der Waals surface area contributed by atoms with Crippen LogP contribution in [-0.2, 0) is 22.5 Å². The van der Waals surface area contributed by atoms with E-state index in [1.165, 1.54) is 25.4 Å². The third kappa shape index (κ3) is 6.66. The van der Waals surface area contributed by atoms with Crippen LogP contribution in [0.3, 0.4) is 0 Å². The summed E-state index contributed by atoms with van der Waals surface area (Å²) in [4.78, 5) is 27.2. The molecule has 0 aliphatic rings. The van der Waals surface area contributed by atoms with Crippen LogP contribution < -0.4 is 10.9 Å². The molecule has 0 saturated heterocycles. The number of carboxylic acid groups (broad SMARTS) is 1. The van der Waals surface area contributed by atoms with Crippen molar-refractivity contribution in [1.82, 2.24) is 9.88 Å². The minimum atomic E-state index is -1.11. The van der Waals surface area contributed by atoms with Gasteiger partial charge in [0.05, 0.1) is 12.8 Å². The SMILES string of the molecule is COC(C)=N/C(=C\CNCCc1c(C)cccc1F)c1ccc(=O)n(CC(=O)O)c1. The summed E-state index contributed by atoms with van der Waals surface area (Å²) in [5.74, 6) is -0.908. The number of nitrogens with zero attached hydrogens (tertiary/aromatic N) is 2. The molecule has 160 valence electrons. The van der Waals surface area contributed by atoms with E-state index in [0.717, 1.165) is 10.1 Å². The molecular formula is C22H26FN3O4. The van der Waals surface area contributed by atoms with Crippen LogP contribution in [0.1, 0.15) is 23.6 Å². The van der Waals surface area contributed by atoms with Gasteiger partial charge in [0.1, 0.15) is 12.4 Å². The van der Waals surface area contributed by atoms with E-state index in [4.69, 9.17) is 9.84 Å². The maximum Gasteiger partial charge on any atom is 0.323 e. The summed E-state index contributed by atoms with van der Waals surface area (Å²) in [6.45, 7) is 4.14. The Morgan fingerprint density at radius 2 is 2.10 bits per heavy atom. The first-order valence-corrected chi connectivity index (χ1v) is 9.48. The average molecular weight is 415 g/mol. The fourth-order valence-corrected chi connectivity index (χ4v) is 2.86. The number of hydrogen-bond donors (Lipinski definition) is 2. The van der Waals surface area contributed by atoms with Crippen LogP contribution in [0.5, 0.6) is 0 Å². The van der Waals surface area contributed by atoms with Gasteiger partial charge in [-0.15, -0.1) is 0 Å². The zero-order valence-electron chi connectivity index (χ0n) is 17.3. The Labute approximate surface area is 174 Å². The molecule has 1 aromatic heterocycles. The van der Waals surface area contributed by atoms with E-state index in [2.05, 4.69) is 10.3 Å². The lowest BCUT2D eigenvalue weighted by Gasteiger charge is -2.10. The fourth-order valence-electron chi connectivity index (χ4n) is 2.86. The summed E-state index contributed by atoms with van der Waals surface area (Å²) < 4.78 is 20.1. The van der Waals surface area contributed by atoms with Gasteiger partial charge < -0.3 is 19.7 Å². The second-order valence-corrected chi connectivity index (χ2v) is 6.69. The maximum absolute atomic E-state index is 13.9. The number of methoxy groups -OCH3 is 1. The van der Waals surface area contributed by atoms with Gasteiger partial charge in [0.15, 0.2) is 5.90 Å². The van der Waals surface area contributed by atoms with Gasteiger partial charge in [-0.1, -0.05) is 12.1 Å². The number of aryl methyl sites for hydroxylation is 1. The topological polar surface area (TPSA) is 92.9 Å². The van der Waals surface area contributed by atoms with Crippen molar-refractivity contribution in [2.24, 2.45) is 4.99 Å². The van der Waals surface area contributed by atoms with Gasteiger partial charge >= 0.3 is 5.97 Å². The Bertz CT molecular complexity index is 991. The molecule has 8 heteroatoms. The molecule has 30 heavy (non-hydrogen) atoms. The normalized spacial score (nSPS) is 12.1. The zero-order valence-corrected chi connectivity index (χ0v) is 17.3. The van der Waals surface area contributed by atoms with Crippen LogP contribution in [-0.4, -0.2) is 41.7 Å². The van der Waals surface area contributed by atoms with Crippen molar-refractivity contribution in [3.63, 3.8) is 0 Å². The van der Waals surface area contributed by atoms with Crippen LogP contribution in [0.2, 0.25) is 0 Å². The molecule has 0 unspecified atom stereocenters. The smallest absolute Gasteiger partial charge is 0.323 e. The van der Waals surface area contributed by atoms with Crippen LogP contribution in [0.25, 0.3) is 5.70 Å². The number of aromatic nitrogens is 1. The molecule has 0 aliphatic heterocycles. The number of hydrogen-bond acceptors (Lipinski definition) is 5. The number of ether oxygens (including phenoxy) is 1. The Morgan fingerprint density at radius 3 is 2.77 bits per heavy atom. The molecule has 1 aromatic carbocycles. The van der Waals surface area contributed by atoms with Crippen molar-refractivity contribution in [3.8, 4) is 0 Å². The summed E-state index contributed by atoms with van der Waals surface area (Å²) in [6.07, 6.45) is 3.81. The number of carboxylic acids is 1. The van der Waals surface area contributed by atoms with E-state index < -0.39 is 18.1 Å².